The highest BCUT2D eigenvalue weighted by Crippen LogP contribution is 2.51. The molecule has 12 aromatic carbocycles. The van der Waals surface area contributed by atoms with Gasteiger partial charge in [-0.2, -0.15) is 0 Å². The van der Waals surface area contributed by atoms with Gasteiger partial charge in [-0.25, -0.2) is 0 Å². The van der Waals surface area contributed by atoms with Crippen LogP contribution in [0.1, 0.15) is 0 Å². The number of fused-ring (bicyclic) bond motifs is 6. The summed E-state index contributed by atoms with van der Waals surface area (Å²) < 4.78 is 14.2. The van der Waals surface area contributed by atoms with Gasteiger partial charge in [-0.3, -0.25) is 0 Å². The first-order valence-corrected chi connectivity index (χ1v) is 23.2. The zero-order valence-corrected chi connectivity index (χ0v) is 36.8. The molecular weight excluding hydrogens is 829 g/mol. The van der Waals surface area contributed by atoms with Crippen molar-refractivity contribution in [3.8, 4) is 22.3 Å². The Hall–Kier alpha value is -9.12. The molecule has 0 amide bonds. The van der Waals surface area contributed by atoms with E-state index in [1.807, 2.05) is 0 Å². The first kappa shape index (κ1) is 38.2. The Bertz CT molecular complexity index is 4190. The fourth-order valence-corrected chi connectivity index (χ4v) is 10.8. The lowest BCUT2D eigenvalue weighted by molar-refractivity contribution is 0.670. The van der Waals surface area contributed by atoms with E-state index in [2.05, 4.69) is 252 Å². The highest BCUT2D eigenvalue weighted by molar-refractivity contribution is 6.29. The molecule has 14 rings (SSSR count). The van der Waals surface area contributed by atoms with E-state index in [0.717, 1.165) is 116 Å². The largest absolute Gasteiger partial charge is 0.453 e. The fourth-order valence-electron chi connectivity index (χ4n) is 10.8. The highest BCUT2D eigenvalue weighted by atomic mass is 16.3. The van der Waals surface area contributed by atoms with Gasteiger partial charge >= 0.3 is 0 Å². The summed E-state index contributed by atoms with van der Waals surface area (Å²) in [6.45, 7) is 0. The first-order chi connectivity index (χ1) is 33.8. The van der Waals surface area contributed by atoms with Gasteiger partial charge in [0.25, 0.3) is 0 Å². The van der Waals surface area contributed by atoms with Crippen molar-refractivity contribution in [1.82, 2.24) is 0 Å². The average Bonchev–Trinajstić information content (AvgIpc) is 4.00. The standard InChI is InChI=1S/C64H40N2O2/c1-5-18-41(19-6-1)47-27-14-29-49-51-31-16-34-56(63(51)67-61(47)49)65(45-23-9-3-10-24-45)55-39-37-44-40-58(53-33-13-22-43-36-38-54(55)60(44)59(43)53)66(46-25-11-4-12-26-46)57-35-17-32-52-50-30-15-28-48(62(50)68-64(52)57)42-20-7-2-8-21-42/h1-40H. The molecule has 0 unspecified atom stereocenters. The van der Waals surface area contributed by atoms with Crippen LogP contribution < -0.4 is 9.80 Å². The van der Waals surface area contributed by atoms with E-state index in [4.69, 9.17) is 8.83 Å². The molecule has 0 saturated carbocycles. The Morgan fingerprint density at radius 2 is 0.662 bits per heavy atom. The molecule has 0 saturated heterocycles. The van der Waals surface area contributed by atoms with E-state index in [1.54, 1.807) is 0 Å². The van der Waals surface area contributed by atoms with Crippen molar-refractivity contribution in [2.24, 2.45) is 0 Å². The molecule has 0 fully saturated rings. The molecule has 318 valence electrons. The Balaban J connectivity index is 1.01. The monoisotopic (exact) mass is 868 g/mol. The van der Waals surface area contributed by atoms with Gasteiger partial charge in [0, 0.05) is 54.8 Å². The molecule has 0 bridgehead atoms. The van der Waals surface area contributed by atoms with E-state index >= 15 is 0 Å². The summed E-state index contributed by atoms with van der Waals surface area (Å²) in [5.74, 6) is 0. The second-order valence-corrected chi connectivity index (χ2v) is 17.5. The maximum Gasteiger partial charge on any atom is 0.159 e. The van der Waals surface area contributed by atoms with Crippen molar-refractivity contribution < 1.29 is 8.83 Å². The number of furan rings is 2. The molecule has 0 aliphatic carbocycles. The molecular formula is C64H40N2O2. The summed E-state index contributed by atoms with van der Waals surface area (Å²) in [6, 6.07) is 86.6. The van der Waals surface area contributed by atoms with E-state index in [0.29, 0.717) is 0 Å². The summed E-state index contributed by atoms with van der Waals surface area (Å²) in [6.07, 6.45) is 0. The van der Waals surface area contributed by atoms with Crippen LogP contribution in [-0.2, 0) is 0 Å². The van der Waals surface area contributed by atoms with Gasteiger partial charge in [0.15, 0.2) is 11.2 Å². The van der Waals surface area contributed by atoms with Crippen molar-refractivity contribution in [3.05, 3.63) is 243 Å². The van der Waals surface area contributed by atoms with Gasteiger partial charge in [0.05, 0.1) is 22.7 Å². The minimum Gasteiger partial charge on any atom is -0.453 e. The quantitative estimate of drug-likeness (QED) is 0.142. The van der Waals surface area contributed by atoms with Gasteiger partial charge in [0.2, 0.25) is 0 Å². The lowest BCUT2D eigenvalue weighted by Gasteiger charge is -2.30. The van der Waals surface area contributed by atoms with Crippen LogP contribution in [0.3, 0.4) is 0 Å². The zero-order valence-electron chi connectivity index (χ0n) is 36.8. The Morgan fingerprint density at radius 1 is 0.250 bits per heavy atom. The molecule has 0 spiro atoms. The predicted molar refractivity (Wildman–Crippen MR) is 285 cm³/mol. The molecule has 68 heavy (non-hydrogen) atoms. The van der Waals surface area contributed by atoms with Crippen LogP contribution in [0.25, 0.3) is 98.4 Å². The Morgan fingerprint density at radius 3 is 1.21 bits per heavy atom. The van der Waals surface area contributed by atoms with Crippen LogP contribution in [0.15, 0.2) is 251 Å². The van der Waals surface area contributed by atoms with E-state index < -0.39 is 0 Å². The number of hydrogen-bond acceptors (Lipinski definition) is 4. The third-order valence-corrected chi connectivity index (χ3v) is 13.8. The summed E-state index contributed by atoms with van der Waals surface area (Å²) in [4.78, 5) is 4.77. The second kappa shape index (κ2) is 15.2. The summed E-state index contributed by atoms with van der Waals surface area (Å²) in [5.41, 5.74) is 14.1. The number of rotatable bonds is 8. The minimum atomic E-state index is 0.844. The number of benzene rings is 12. The maximum absolute atomic E-state index is 7.09. The van der Waals surface area contributed by atoms with Crippen molar-refractivity contribution in [2.45, 2.75) is 0 Å². The SMILES string of the molecule is c1ccc(-c2cccc3c2oc2c(N(c4ccccc4)c4cc5ccc(N(c6ccccc6)c6cccc7c6oc6c(-c8ccccc8)cccc67)c6ccc7cccc4c7c56)cccc23)cc1. The van der Waals surface area contributed by atoms with E-state index in [1.165, 1.54) is 16.2 Å². The van der Waals surface area contributed by atoms with E-state index in [-0.39, 0.29) is 0 Å². The van der Waals surface area contributed by atoms with Crippen molar-refractivity contribution in [2.75, 3.05) is 9.80 Å². The molecule has 2 aromatic heterocycles. The van der Waals surface area contributed by atoms with Crippen molar-refractivity contribution in [3.63, 3.8) is 0 Å². The van der Waals surface area contributed by atoms with Crippen molar-refractivity contribution in [1.29, 1.82) is 0 Å². The van der Waals surface area contributed by atoms with Crippen LogP contribution in [-0.4, -0.2) is 0 Å². The van der Waals surface area contributed by atoms with Gasteiger partial charge in [-0.05, 0) is 81.2 Å². The van der Waals surface area contributed by atoms with Crippen LogP contribution in [0.4, 0.5) is 34.1 Å². The molecule has 4 heteroatoms. The number of para-hydroxylation sites is 6. The van der Waals surface area contributed by atoms with Gasteiger partial charge < -0.3 is 18.6 Å². The molecule has 0 aliphatic rings. The minimum absolute atomic E-state index is 0.844. The Kier molecular flexibility index (Phi) is 8.55. The summed E-state index contributed by atoms with van der Waals surface area (Å²) in [5, 5.41) is 11.4. The molecule has 0 N–H and O–H groups in total. The number of nitrogens with zero attached hydrogens (tertiary/aromatic N) is 2. The summed E-state index contributed by atoms with van der Waals surface area (Å²) >= 11 is 0. The molecule has 0 atom stereocenters. The number of anilines is 6. The molecule has 14 aromatic rings. The first-order valence-electron chi connectivity index (χ1n) is 23.2. The molecule has 4 nitrogen and oxygen atoms in total. The van der Waals surface area contributed by atoms with Gasteiger partial charge in [0.1, 0.15) is 11.2 Å². The lowest BCUT2D eigenvalue weighted by Crippen LogP contribution is -2.12. The third kappa shape index (κ3) is 5.81. The van der Waals surface area contributed by atoms with Gasteiger partial charge in [-0.1, -0.05) is 194 Å². The predicted octanol–water partition coefficient (Wildman–Crippen LogP) is 18.7. The smallest absolute Gasteiger partial charge is 0.159 e. The normalized spacial score (nSPS) is 11.8. The average molecular weight is 869 g/mol. The topological polar surface area (TPSA) is 32.8 Å². The molecule has 0 radical (unpaired) electrons. The van der Waals surface area contributed by atoms with Crippen LogP contribution >= 0.6 is 0 Å². The van der Waals surface area contributed by atoms with Crippen LogP contribution in [0, 0.1) is 0 Å². The second-order valence-electron chi connectivity index (χ2n) is 17.5. The summed E-state index contributed by atoms with van der Waals surface area (Å²) in [7, 11) is 0. The molecule has 0 aliphatic heterocycles. The Labute approximate surface area is 392 Å². The highest BCUT2D eigenvalue weighted by Gasteiger charge is 2.27. The molecule has 2 heterocycles. The zero-order chi connectivity index (χ0) is 44.7. The van der Waals surface area contributed by atoms with Crippen molar-refractivity contribution >= 4 is 110 Å². The maximum atomic E-state index is 7.09. The van der Waals surface area contributed by atoms with Crippen LogP contribution in [0.5, 0.6) is 0 Å². The van der Waals surface area contributed by atoms with E-state index in [9.17, 15) is 0 Å². The number of hydrogen-bond donors (Lipinski definition) is 0. The lowest BCUT2D eigenvalue weighted by atomic mass is 9.91. The fraction of sp³-hybridized carbons (Fsp3) is 0. The third-order valence-electron chi connectivity index (χ3n) is 13.8. The van der Waals surface area contributed by atoms with Crippen LogP contribution in [0.2, 0.25) is 0 Å². The van der Waals surface area contributed by atoms with Gasteiger partial charge in [-0.15, -0.1) is 0 Å².